The van der Waals surface area contributed by atoms with E-state index in [1.807, 2.05) is 0 Å². The second kappa shape index (κ2) is 3.56. The molecule has 0 aromatic heterocycles. The zero-order chi connectivity index (χ0) is 10.0. The first-order valence-corrected chi connectivity index (χ1v) is 4.05. The van der Waals surface area contributed by atoms with Gasteiger partial charge in [-0.05, 0) is 24.1 Å². The van der Waals surface area contributed by atoms with Gasteiger partial charge in [-0.25, -0.2) is 4.39 Å². The molecule has 0 aliphatic rings. The van der Waals surface area contributed by atoms with Gasteiger partial charge in [0.15, 0.2) is 5.75 Å². The molecule has 13 heavy (non-hydrogen) atoms. The van der Waals surface area contributed by atoms with Crippen molar-refractivity contribution in [1.29, 1.82) is 0 Å². The van der Waals surface area contributed by atoms with Gasteiger partial charge in [0.05, 0.1) is 0 Å². The number of rotatable bonds is 1. The molecule has 0 atom stereocenters. The van der Waals surface area contributed by atoms with Crippen LogP contribution in [0, 0.1) is 5.82 Å². The SMILES string of the molecule is CC(C)c1cc(F)ccc(=O)c1O. The molecule has 0 amide bonds. The lowest BCUT2D eigenvalue weighted by atomic mass is 10.0. The Kier molecular flexibility index (Phi) is 2.66. The molecule has 0 aliphatic heterocycles. The molecule has 0 saturated heterocycles. The Morgan fingerprint density at radius 1 is 1.38 bits per heavy atom. The first-order valence-electron chi connectivity index (χ1n) is 4.05. The zero-order valence-corrected chi connectivity index (χ0v) is 7.54. The molecule has 0 heterocycles. The van der Waals surface area contributed by atoms with Crippen LogP contribution in [0.2, 0.25) is 0 Å². The minimum Gasteiger partial charge on any atom is -0.504 e. The van der Waals surface area contributed by atoms with E-state index in [2.05, 4.69) is 0 Å². The van der Waals surface area contributed by atoms with Crippen LogP contribution in [0.4, 0.5) is 4.39 Å². The highest BCUT2D eigenvalue weighted by Crippen LogP contribution is 2.21. The molecule has 1 aromatic rings. The van der Waals surface area contributed by atoms with E-state index < -0.39 is 11.2 Å². The molecule has 1 N–H and O–H groups in total. The van der Waals surface area contributed by atoms with E-state index in [0.29, 0.717) is 5.56 Å². The third kappa shape index (κ3) is 2.05. The summed E-state index contributed by atoms with van der Waals surface area (Å²) in [4.78, 5) is 11.1. The summed E-state index contributed by atoms with van der Waals surface area (Å²) in [7, 11) is 0. The quantitative estimate of drug-likeness (QED) is 0.721. The van der Waals surface area contributed by atoms with Crippen LogP contribution in [-0.4, -0.2) is 5.11 Å². The number of hydrogen-bond acceptors (Lipinski definition) is 2. The fourth-order valence-corrected chi connectivity index (χ4v) is 1.08. The van der Waals surface area contributed by atoms with Crippen molar-refractivity contribution >= 4 is 0 Å². The van der Waals surface area contributed by atoms with Gasteiger partial charge in [-0.2, -0.15) is 0 Å². The average molecular weight is 182 g/mol. The maximum atomic E-state index is 12.9. The maximum Gasteiger partial charge on any atom is 0.220 e. The zero-order valence-electron chi connectivity index (χ0n) is 7.54. The van der Waals surface area contributed by atoms with Crippen LogP contribution in [0.25, 0.3) is 0 Å². The average Bonchev–Trinajstić information content (AvgIpc) is 2.18. The van der Waals surface area contributed by atoms with E-state index in [1.54, 1.807) is 13.8 Å². The van der Waals surface area contributed by atoms with Crippen molar-refractivity contribution in [3.05, 3.63) is 39.8 Å². The van der Waals surface area contributed by atoms with Gasteiger partial charge in [-0.1, -0.05) is 13.8 Å². The van der Waals surface area contributed by atoms with Gasteiger partial charge >= 0.3 is 0 Å². The fourth-order valence-electron chi connectivity index (χ4n) is 1.08. The van der Waals surface area contributed by atoms with Crippen molar-refractivity contribution in [2.75, 3.05) is 0 Å². The molecule has 0 aliphatic carbocycles. The summed E-state index contributed by atoms with van der Waals surface area (Å²) in [5.74, 6) is -0.949. The molecule has 0 unspecified atom stereocenters. The Labute approximate surface area is 75.7 Å². The standard InChI is InChI=1S/C10H11FO2/c1-6(2)8-5-7(11)3-4-9(12)10(8)13/h3-6H,1-2H3,(H,12,13). The van der Waals surface area contributed by atoms with Crippen LogP contribution < -0.4 is 5.43 Å². The molecule has 2 nitrogen and oxygen atoms in total. The molecular weight excluding hydrogens is 171 g/mol. The Balaban J connectivity index is 3.52. The molecule has 70 valence electrons. The van der Waals surface area contributed by atoms with E-state index in [-0.39, 0.29) is 11.7 Å². The van der Waals surface area contributed by atoms with Crippen molar-refractivity contribution in [1.82, 2.24) is 0 Å². The predicted octanol–water partition coefficient (Wildman–Crippen LogP) is 2.01. The van der Waals surface area contributed by atoms with Crippen LogP contribution in [0.3, 0.4) is 0 Å². The molecule has 1 aromatic carbocycles. The number of halogens is 1. The van der Waals surface area contributed by atoms with Crippen molar-refractivity contribution in [3.8, 4) is 5.75 Å². The van der Waals surface area contributed by atoms with E-state index >= 15 is 0 Å². The largest absolute Gasteiger partial charge is 0.504 e. The van der Waals surface area contributed by atoms with Gasteiger partial charge in [0.2, 0.25) is 5.43 Å². The summed E-state index contributed by atoms with van der Waals surface area (Å²) in [6, 6.07) is 3.26. The normalized spacial score (nSPS) is 10.5. The third-order valence-electron chi connectivity index (χ3n) is 1.82. The molecular formula is C10H11FO2. The highest BCUT2D eigenvalue weighted by molar-refractivity contribution is 5.33. The maximum absolute atomic E-state index is 12.9. The lowest BCUT2D eigenvalue weighted by Crippen LogP contribution is -1.97. The smallest absolute Gasteiger partial charge is 0.220 e. The van der Waals surface area contributed by atoms with Gasteiger partial charge in [-0.15, -0.1) is 0 Å². The van der Waals surface area contributed by atoms with Crippen LogP contribution in [0.5, 0.6) is 5.75 Å². The Hall–Kier alpha value is -1.38. The second-order valence-electron chi connectivity index (χ2n) is 3.19. The summed E-state index contributed by atoms with van der Waals surface area (Å²) in [5, 5.41) is 9.37. The first-order chi connectivity index (χ1) is 6.02. The van der Waals surface area contributed by atoms with Crippen molar-refractivity contribution in [2.45, 2.75) is 19.8 Å². The lowest BCUT2D eigenvalue weighted by Gasteiger charge is -2.02. The molecule has 0 fully saturated rings. The second-order valence-corrected chi connectivity index (χ2v) is 3.19. The molecule has 0 spiro atoms. The molecule has 0 radical (unpaired) electrons. The molecule has 0 bridgehead atoms. The summed E-state index contributed by atoms with van der Waals surface area (Å²) < 4.78 is 12.9. The van der Waals surface area contributed by atoms with Gasteiger partial charge in [0.25, 0.3) is 0 Å². The highest BCUT2D eigenvalue weighted by Gasteiger charge is 2.08. The highest BCUT2D eigenvalue weighted by atomic mass is 19.1. The number of aromatic hydroxyl groups is 1. The Morgan fingerprint density at radius 2 is 2.00 bits per heavy atom. The molecule has 0 saturated carbocycles. The van der Waals surface area contributed by atoms with E-state index in [0.717, 1.165) is 12.1 Å². The summed E-state index contributed by atoms with van der Waals surface area (Å²) in [6.07, 6.45) is 0. The van der Waals surface area contributed by atoms with Crippen LogP contribution >= 0.6 is 0 Å². The lowest BCUT2D eigenvalue weighted by molar-refractivity contribution is 0.460. The number of hydrogen-bond donors (Lipinski definition) is 1. The first kappa shape index (κ1) is 9.71. The minimum atomic E-state index is -0.549. The van der Waals surface area contributed by atoms with Crippen molar-refractivity contribution < 1.29 is 9.50 Å². The molecule has 1 rings (SSSR count). The van der Waals surface area contributed by atoms with Gasteiger partial charge in [0.1, 0.15) is 5.82 Å². The van der Waals surface area contributed by atoms with Gasteiger partial charge < -0.3 is 5.11 Å². The van der Waals surface area contributed by atoms with Gasteiger partial charge in [0, 0.05) is 5.56 Å². The molecule has 3 heteroatoms. The monoisotopic (exact) mass is 182 g/mol. The summed E-state index contributed by atoms with van der Waals surface area (Å²) in [6.45, 7) is 3.57. The van der Waals surface area contributed by atoms with Crippen molar-refractivity contribution in [3.63, 3.8) is 0 Å². The predicted molar refractivity (Wildman–Crippen MR) is 48.4 cm³/mol. The van der Waals surface area contributed by atoms with Crippen LogP contribution in [-0.2, 0) is 0 Å². The van der Waals surface area contributed by atoms with Crippen molar-refractivity contribution in [2.24, 2.45) is 0 Å². The van der Waals surface area contributed by atoms with Crippen LogP contribution in [0.15, 0.2) is 23.0 Å². The minimum absolute atomic E-state index is 0.0744. The van der Waals surface area contributed by atoms with Crippen LogP contribution in [0.1, 0.15) is 25.3 Å². The Bertz CT molecular complexity index is 372. The van der Waals surface area contributed by atoms with E-state index in [4.69, 9.17) is 0 Å². The van der Waals surface area contributed by atoms with E-state index in [9.17, 15) is 14.3 Å². The third-order valence-corrected chi connectivity index (χ3v) is 1.82. The summed E-state index contributed by atoms with van der Waals surface area (Å²) in [5.41, 5.74) is -0.208. The fraction of sp³-hybridized carbons (Fsp3) is 0.300. The van der Waals surface area contributed by atoms with Gasteiger partial charge in [-0.3, -0.25) is 4.79 Å². The topological polar surface area (TPSA) is 37.3 Å². The van der Waals surface area contributed by atoms with E-state index in [1.165, 1.54) is 6.07 Å². The summed E-state index contributed by atoms with van der Waals surface area (Å²) >= 11 is 0. The Morgan fingerprint density at radius 3 is 2.54 bits per heavy atom.